The van der Waals surface area contributed by atoms with Crippen LogP contribution in [0.5, 0.6) is 5.75 Å². The molecule has 0 saturated heterocycles. The lowest BCUT2D eigenvalue weighted by molar-refractivity contribution is 0.473. The van der Waals surface area contributed by atoms with E-state index in [2.05, 4.69) is 5.32 Å². The zero-order valence-corrected chi connectivity index (χ0v) is 9.55. The number of hydrogen-bond donors (Lipinski definition) is 2. The molecule has 0 aromatic heterocycles. The molecule has 1 saturated carbocycles. The molecule has 1 aromatic rings. The van der Waals surface area contributed by atoms with Crippen LogP contribution in [0.25, 0.3) is 0 Å². The molecule has 5 heteroatoms. The van der Waals surface area contributed by atoms with Gasteiger partial charge in [0, 0.05) is 18.0 Å². The molecule has 0 radical (unpaired) electrons. The Morgan fingerprint density at radius 1 is 1.31 bits per heavy atom. The lowest BCUT2D eigenvalue weighted by Gasteiger charge is -2.09. The highest BCUT2D eigenvalue weighted by molar-refractivity contribution is 7.91. The fourth-order valence-corrected chi connectivity index (χ4v) is 4.35. The van der Waals surface area contributed by atoms with Crippen molar-refractivity contribution >= 4 is 15.5 Å². The van der Waals surface area contributed by atoms with Crippen LogP contribution in [0, 0.1) is 5.41 Å². The number of sulfone groups is 1. The molecule has 0 atom stereocenters. The third-order valence-electron chi connectivity index (χ3n) is 3.41. The smallest absolute Gasteiger partial charge is 0.181 e. The van der Waals surface area contributed by atoms with E-state index in [9.17, 15) is 13.5 Å². The third-order valence-corrected chi connectivity index (χ3v) is 5.41. The van der Waals surface area contributed by atoms with Gasteiger partial charge in [-0.3, -0.25) is 0 Å². The van der Waals surface area contributed by atoms with Crippen LogP contribution in [0.1, 0.15) is 12.8 Å². The second-order valence-electron chi connectivity index (χ2n) is 4.79. The van der Waals surface area contributed by atoms with E-state index >= 15 is 0 Å². The average molecular weight is 239 g/mol. The quantitative estimate of drug-likeness (QED) is 0.671. The fourth-order valence-electron chi connectivity index (χ4n) is 2.23. The minimum Gasteiger partial charge on any atom is -0.508 e. The maximum absolute atomic E-state index is 12.1. The van der Waals surface area contributed by atoms with Gasteiger partial charge in [-0.05, 0) is 25.0 Å². The molecule has 1 aliphatic carbocycles. The fraction of sp³-hybridized carbons (Fsp3) is 0.455. The van der Waals surface area contributed by atoms with Gasteiger partial charge in [0.25, 0.3) is 0 Å². The molecule has 0 bridgehead atoms. The normalized spacial score (nSPS) is 24.2. The zero-order valence-electron chi connectivity index (χ0n) is 8.73. The van der Waals surface area contributed by atoms with Crippen molar-refractivity contribution in [2.24, 2.45) is 5.41 Å². The molecule has 2 aliphatic rings. The van der Waals surface area contributed by atoms with Crippen molar-refractivity contribution in [2.75, 3.05) is 17.6 Å². The zero-order chi connectivity index (χ0) is 11.4. The Labute approximate surface area is 94.2 Å². The van der Waals surface area contributed by atoms with Gasteiger partial charge in [0.1, 0.15) is 5.75 Å². The first kappa shape index (κ1) is 9.96. The number of hydrogen-bond acceptors (Lipinski definition) is 4. The van der Waals surface area contributed by atoms with Gasteiger partial charge in [0.2, 0.25) is 0 Å². The molecule has 1 spiro atoms. The molecule has 3 rings (SSSR count). The Morgan fingerprint density at radius 3 is 2.75 bits per heavy atom. The van der Waals surface area contributed by atoms with E-state index in [1.165, 1.54) is 12.1 Å². The number of benzene rings is 1. The highest BCUT2D eigenvalue weighted by Gasteiger charge is 2.48. The Kier molecular flexibility index (Phi) is 1.81. The summed E-state index contributed by atoms with van der Waals surface area (Å²) < 4.78 is 24.3. The van der Waals surface area contributed by atoms with Crippen molar-refractivity contribution in [3.63, 3.8) is 0 Å². The van der Waals surface area contributed by atoms with Crippen LogP contribution < -0.4 is 5.32 Å². The van der Waals surface area contributed by atoms with E-state index in [1.54, 1.807) is 6.07 Å². The standard InChI is InChI=1S/C11H13NO3S/c13-8-1-2-9-10(5-8)16(14,15)7-11(3-4-11)6-12-9/h1-2,5,12-13H,3-4,6-7H2. The van der Waals surface area contributed by atoms with Crippen molar-refractivity contribution in [1.29, 1.82) is 0 Å². The molecule has 0 amide bonds. The van der Waals surface area contributed by atoms with Crippen LogP contribution in [-0.4, -0.2) is 25.8 Å². The number of fused-ring (bicyclic) bond motifs is 1. The summed E-state index contributed by atoms with van der Waals surface area (Å²) in [5.41, 5.74) is 0.551. The van der Waals surface area contributed by atoms with Gasteiger partial charge >= 0.3 is 0 Å². The van der Waals surface area contributed by atoms with Crippen LogP contribution in [0.2, 0.25) is 0 Å². The molecule has 2 N–H and O–H groups in total. The van der Waals surface area contributed by atoms with Crippen LogP contribution in [0.15, 0.2) is 23.1 Å². The molecule has 4 nitrogen and oxygen atoms in total. The Morgan fingerprint density at radius 2 is 2.06 bits per heavy atom. The van der Waals surface area contributed by atoms with Crippen LogP contribution in [0.3, 0.4) is 0 Å². The molecule has 86 valence electrons. The monoisotopic (exact) mass is 239 g/mol. The first-order valence-electron chi connectivity index (χ1n) is 5.31. The highest BCUT2D eigenvalue weighted by Crippen LogP contribution is 2.50. The minimum atomic E-state index is -3.27. The van der Waals surface area contributed by atoms with Gasteiger partial charge in [0.15, 0.2) is 9.84 Å². The third kappa shape index (κ3) is 1.46. The number of aromatic hydroxyl groups is 1. The van der Waals surface area contributed by atoms with Crippen molar-refractivity contribution in [3.8, 4) is 5.75 Å². The largest absolute Gasteiger partial charge is 0.508 e. The summed E-state index contributed by atoms with van der Waals surface area (Å²) in [5, 5.41) is 12.5. The van der Waals surface area contributed by atoms with Crippen molar-refractivity contribution in [1.82, 2.24) is 0 Å². The summed E-state index contributed by atoms with van der Waals surface area (Å²) in [7, 11) is -3.27. The summed E-state index contributed by atoms with van der Waals surface area (Å²) in [5.74, 6) is 0.194. The van der Waals surface area contributed by atoms with Gasteiger partial charge in [-0.15, -0.1) is 0 Å². The van der Waals surface area contributed by atoms with E-state index in [4.69, 9.17) is 0 Å². The van der Waals surface area contributed by atoms with Crippen LogP contribution in [0.4, 0.5) is 5.69 Å². The van der Waals surface area contributed by atoms with Crippen LogP contribution >= 0.6 is 0 Å². The first-order chi connectivity index (χ1) is 7.51. The summed E-state index contributed by atoms with van der Waals surface area (Å²) in [4.78, 5) is 0.233. The number of phenolic OH excluding ortho intramolecular Hbond substituents is 1. The molecule has 0 unspecified atom stereocenters. The molecule has 1 fully saturated rings. The maximum Gasteiger partial charge on any atom is 0.181 e. The highest BCUT2D eigenvalue weighted by atomic mass is 32.2. The van der Waals surface area contributed by atoms with Crippen molar-refractivity contribution < 1.29 is 13.5 Å². The van der Waals surface area contributed by atoms with Crippen molar-refractivity contribution in [2.45, 2.75) is 17.7 Å². The number of rotatable bonds is 0. The minimum absolute atomic E-state index is 0.00382. The molecule has 1 aromatic carbocycles. The second-order valence-corrected chi connectivity index (χ2v) is 6.75. The van der Waals surface area contributed by atoms with E-state index in [0.29, 0.717) is 12.2 Å². The van der Waals surface area contributed by atoms with Crippen molar-refractivity contribution in [3.05, 3.63) is 18.2 Å². The molecule has 1 heterocycles. The van der Waals surface area contributed by atoms with E-state index < -0.39 is 9.84 Å². The first-order valence-corrected chi connectivity index (χ1v) is 6.96. The van der Waals surface area contributed by atoms with E-state index in [0.717, 1.165) is 12.8 Å². The molecular formula is C11H13NO3S. The van der Waals surface area contributed by atoms with E-state index in [-0.39, 0.29) is 21.8 Å². The van der Waals surface area contributed by atoms with Gasteiger partial charge in [-0.2, -0.15) is 0 Å². The van der Waals surface area contributed by atoms with Gasteiger partial charge < -0.3 is 10.4 Å². The summed E-state index contributed by atoms with van der Waals surface area (Å²) in [6, 6.07) is 4.47. The molecule has 16 heavy (non-hydrogen) atoms. The van der Waals surface area contributed by atoms with E-state index in [1.807, 2.05) is 0 Å². The lowest BCUT2D eigenvalue weighted by atomic mass is 10.1. The predicted molar refractivity (Wildman–Crippen MR) is 60.3 cm³/mol. The topological polar surface area (TPSA) is 66.4 Å². The number of anilines is 1. The lowest BCUT2D eigenvalue weighted by Crippen LogP contribution is -2.20. The van der Waals surface area contributed by atoms with Gasteiger partial charge in [-0.25, -0.2) is 8.42 Å². The SMILES string of the molecule is O=S1(=O)CC2(CC2)CNc2ccc(O)cc21. The van der Waals surface area contributed by atoms with Gasteiger partial charge in [-0.1, -0.05) is 0 Å². The number of phenols is 1. The van der Waals surface area contributed by atoms with Crippen LogP contribution in [-0.2, 0) is 9.84 Å². The molecule has 1 aliphatic heterocycles. The van der Waals surface area contributed by atoms with Gasteiger partial charge in [0.05, 0.1) is 16.3 Å². The number of nitrogens with one attached hydrogen (secondary N) is 1. The Hall–Kier alpha value is -1.23. The Bertz CT molecular complexity index is 546. The Balaban J connectivity index is 2.15. The predicted octanol–water partition coefficient (Wildman–Crippen LogP) is 1.37. The summed E-state index contributed by atoms with van der Waals surface area (Å²) in [6.07, 6.45) is 1.94. The summed E-state index contributed by atoms with van der Waals surface area (Å²) in [6.45, 7) is 0.712. The average Bonchev–Trinajstić information content (AvgIpc) is 2.96. The molecular weight excluding hydrogens is 226 g/mol. The summed E-state index contributed by atoms with van der Waals surface area (Å²) >= 11 is 0. The maximum atomic E-state index is 12.1. The second kappa shape index (κ2) is 2.91.